The third-order valence-electron chi connectivity index (χ3n) is 3.41. The number of thioether (sulfide) groups is 1. The first kappa shape index (κ1) is 12.9. The van der Waals surface area contributed by atoms with Crippen molar-refractivity contribution in [3.63, 3.8) is 0 Å². The molecule has 1 aromatic carbocycles. The third-order valence-corrected chi connectivity index (χ3v) is 4.87. The van der Waals surface area contributed by atoms with Crippen molar-refractivity contribution in [1.29, 1.82) is 0 Å². The Kier molecular flexibility index (Phi) is 4.89. The first-order chi connectivity index (χ1) is 8.36. The van der Waals surface area contributed by atoms with Gasteiger partial charge < -0.3 is 10.4 Å². The molecule has 2 unspecified atom stereocenters. The standard InChI is InChI=1S/C14H21NOS/c1-15-14-12-6-3-2-5-11(12)7-8-13(14)17-10-4-9-16/h2-3,5-6,13-16H,4,7-10H2,1H3. The maximum absolute atomic E-state index is 8.85. The fourth-order valence-electron chi connectivity index (χ4n) is 2.55. The normalized spacial score (nSPS) is 23.4. The Labute approximate surface area is 108 Å². The van der Waals surface area contributed by atoms with Crippen molar-refractivity contribution in [3.8, 4) is 0 Å². The summed E-state index contributed by atoms with van der Waals surface area (Å²) in [6, 6.07) is 9.21. The zero-order chi connectivity index (χ0) is 12.1. The van der Waals surface area contributed by atoms with E-state index >= 15 is 0 Å². The van der Waals surface area contributed by atoms with Crippen LogP contribution in [0.5, 0.6) is 0 Å². The van der Waals surface area contributed by atoms with Crippen LogP contribution in [0.25, 0.3) is 0 Å². The number of aryl methyl sites for hydroxylation is 1. The van der Waals surface area contributed by atoms with Crippen LogP contribution in [0.4, 0.5) is 0 Å². The van der Waals surface area contributed by atoms with Gasteiger partial charge in [-0.25, -0.2) is 0 Å². The number of aliphatic hydroxyl groups is 1. The van der Waals surface area contributed by atoms with E-state index < -0.39 is 0 Å². The highest BCUT2D eigenvalue weighted by molar-refractivity contribution is 7.99. The Morgan fingerprint density at radius 3 is 3.00 bits per heavy atom. The molecule has 0 spiro atoms. The van der Waals surface area contributed by atoms with Crippen LogP contribution >= 0.6 is 11.8 Å². The number of rotatable bonds is 5. The summed E-state index contributed by atoms with van der Waals surface area (Å²) in [5, 5.41) is 12.9. The smallest absolute Gasteiger partial charge is 0.0441 e. The number of hydrogen-bond donors (Lipinski definition) is 2. The first-order valence-electron chi connectivity index (χ1n) is 6.34. The quantitative estimate of drug-likeness (QED) is 0.788. The van der Waals surface area contributed by atoms with Gasteiger partial charge in [-0.3, -0.25) is 0 Å². The fourth-order valence-corrected chi connectivity index (χ4v) is 3.91. The molecule has 0 fully saturated rings. The summed E-state index contributed by atoms with van der Waals surface area (Å²) in [6.45, 7) is 0.306. The Balaban J connectivity index is 2.06. The van der Waals surface area contributed by atoms with E-state index in [1.807, 2.05) is 18.8 Å². The third kappa shape index (κ3) is 3.03. The summed E-state index contributed by atoms with van der Waals surface area (Å²) in [5.41, 5.74) is 2.95. The SMILES string of the molecule is CNC1c2ccccc2CCC1SCCCO. The predicted molar refractivity (Wildman–Crippen MR) is 74.5 cm³/mol. The van der Waals surface area contributed by atoms with Gasteiger partial charge in [0.1, 0.15) is 0 Å². The van der Waals surface area contributed by atoms with Crippen molar-refractivity contribution in [2.45, 2.75) is 30.6 Å². The Morgan fingerprint density at radius 1 is 1.41 bits per heavy atom. The largest absolute Gasteiger partial charge is 0.396 e. The van der Waals surface area contributed by atoms with Crippen molar-refractivity contribution in [2.75, 3.05) is 19.4 Å². The highest BCUT2D eigenvalue weighted by Gasteiger charge is 2.27. The van der Waals surface area contributed by atoms with Gasteiger partial charge in [0.2, 0.25) is 0 Å². The van der Waals surface area contributed by atoms with Gasteiger partial charge in [-0.1, -0.05) is 24.3 Å². The molecule has 1 aliphatic rings. The Bertz CT molecular complexity index is 356. The van der Waals surface area contributed by atoms with Crippen molar-refractivity contribution >= 4 is 11.8 Å². The number of fused-ring (bicyclic) bond motifs is 1. The molecule has 0 amide bonds. The lowest BCUT2D eigenvalue weighted by molar-refractivity contribution is 0.296. The van der Waals surface area contributed by atoms with Gasteiger partial charge in [-0.05, 0) is 43.2 Å². The van der Waals surface area contributed by atoms with E-state index in [1.165, 1.54) is 24.0 Å². The van der Waals surface area contributed by atoms with Crippen LogP contribution in [0.3, 0.4) is 0 Å². The minimum atomic E-state index is 0.306. The fraction of sp³-hybridized carbons (Fsp3) is 0.571. The second kappa shape index (κ2) is 6.43. The lowest BCUT2D eigenvalue weighted by atomic mass is 9.87. The monoisotopic (exact) mass is 251 g/mol. The van der Waals surface area contributed by atoms with Gasteiger partial charge >= 0.3 is 0 Å². The summed E-state index contributed by atoms with van der Waals surface area (Å²) in [4.78, 5) is 0. The molecule has 3 heteroatoms. The molecule has 1 aliphatic carbocycles. The van der Waals surface area contributed by atoms with Crippen LogP contribution in [0.2, 0.25) is 0 Å². The maximum atomic E-state index is 8.85. The van der Waals surface area contributed by atoms with Crippen molar-refractivity contribution in [2.24, 2.45) is 0 Å². The number of benzene rings is 1. The molecular formula is C14H21NOS. The van der Waals surface area contributed by atoms with E-state index in [4.69, 9.17) is 5.11 Å². The van der Waals surface area contributed by atoms with E-state index in [9.17, 15) is 0 Å². The van der Waals surface area contributed by atoms with Crippen molar-refractivity contribution < 1.29 is 5.11 Å². The first-order valence-corrected chi connectivity index (χ1v) is 7.39. The number of nitrogens with one attached hydrogen (secondary N) is 1. The summed E-state index contributed by atoms with van der Waals surface area (Å²) >= 11 is 2.00. The molecule has 17 heavy (non-hydrogen) atoms. The lowest BCUT2D eigenvalue weighted by Gasteiger charge is -2.33. The van der Waals surface area contributed by atoms with E-state index in [0.717, 1.165) is 12.2 Å². The number of aliphatic hydroxyl groups excluding tert-OH is 1. The lowest BCUT2D eigenvalue weighted by Crippen LogP contribution is -2.32. The van der Waals surface area contributed by atoms with Crippen LogP contribution in [0.1, 0.15) is 30.0 Å². The van der Waals surface area contributed by atoms with Crippen LogP contribution in [-0.2, 0) is 6.42 Å². The van der Waals surface area contributed by atoms with Crippen LogP contribution < -0.4 is 5.32 Å². The van der Waals surface area contributed by atoms with E-state index in [-0.39, 0.29) is 0 Å². The molecule has 94 valence electrons. The number of hydrogen-bond acceptors (Lipinski definition) is 3. The molecule has 0 bridgehead atoms. The Morgan fingerprint density at radius 2 is 2.24 bits per heavy atom. The highest BCUT2D eigenvalue weighted by Crippen LogP contribution is 2.36. The molecule has 0 radical (unpaired) electrons. The van der Waals surface area contributed by atoms with Gasteiger partial charge in [0.05, 0.1) is 0 Å². The Hall–Kier alpha value is -0.510. The maximum Gasteiger partial charge on any atom is 0.0441 e. The summed E-state index contributed by atoms with van der Waals surface area (Å²) in [5.74, 6) is 1.06. The van der Waals surface area contributed by atoms with E-state index in [0.29, 0.717) is 17.9 Å². The van der Waals surface area contributed by atoms with Gasteiger partial charge in [-0.15, -0.1) is 0 Å². The second-order valence-electron chi connectivity index (χ2n) is 4.49. The molecular weight excluding hydrogens is 230 g/mol. The minimum Gasteiger partial charge on any atom is -0.396 e. The predicted octanol–water partition coefficient (Wildman–Crippen LogP) is 2.38. The molecule has 0 saturated heterocycles. The molecule has 2 nitrogen and oxygen atoms in total. The topological polar surface area (TPSA) is 32.3 Å². The van der Waals surface area contributed by atoms with Gasteiger partial charge in [0.15, 0.2) is 0 Å². The zero-order valence-electron chi connectivity index (χ0n) is 10.4. The van der Waals surface area contributed by atoms with Crippen LogP contribution in [0.15, 0.2) is 24.3 Å². The molecule has 0 aliphatic heterocycles. The average Bonchev–Trinajstić information content (AvgIpc) is 2.38. The van der Waals surface area contributed by atoms with Gasteiger partial charge in [0, 0.05) is 17.9 Å². The summed E-state index contributed by atoms with van der Waals surface area (Å²) in [7, 11) is 2.05. The summed E-state index contributed by atoms with van der Waals surface area (Å²) in [6.07, 6.45) is 3.32. The van der Waals surface area contributed by atoms with Gasteiger partial charge in [-0.2, -0.15) is 11.8 Å². The molecule has 0 saturated carbocycles. The van der Waals surface area contributed by atoms with Crippen LogP contribution in [-0.4, -0.2) is 29.8 Å². The van der Waals surface area contributed by atoms with Gasteiger partial charge in [0.25, 0.3) is 0 Å². The highest BCUT2D eigenvalue weighted by atomic mass is 32.2. The second-order valence-corrected chi connectivity index (χ2v) is 5.84. The minimum absolute atomic E-state index is 0.306. The van der Waals surface area contributed by atoms with Crippen molar-refractivity contribution in [1.82, 2.24) is 5.32 Å². The molecule has 2 N–H and O–H groups in total. The van der Waals surface area contributed by atoms with E-state index in [2.05, 4.69) is 29.6 Å². The molecule has 0 heterocycles. The summed E-state index contributed by atoms with van der Waals surface area (Å²) < 4.78 is 0. The molecule has 0 aromatic heterocycles. The molecule has 2 rings (SSSR count). The molecule has 2 atom stereocenters. The van der Waals surface area contributed by atoms with E-state index in [1.54, 1.807) is 0 Å². The van der Waals surface area contributed by atoms with Crippen LogP contribution in [0, 0.1) is 0 Å². The van der Waals surface area contributed by atoms with Crippen molar-refractivity contribution in [3.05, 3.63) is 35.4 Å². The zero-order valence-corrected chi connectivity index (χ0v) is 11.2. The average molecular weight is 251 g/mol. The molecule has 1 aromatic rings.